The zero-order chi connectivity index (χ0) is 98.8. The van der Waals surface area contributed by atoms with Gasteiger partial charge in [0.25, 0.3) is 0 Å². The molecule has 0 bridgehead atoms. The molecule has 4 aromatic carbocycles. The van der Waals surface area contributed by atoms with Gasteiger partial charge in [0.15, 0.2) is 0 Å². The van der Waals surface area contributed by atoms with E-state index in [4.69, 9.17) is 38.0 Å². The summed E-state index contributed by atoms with van der Waals surface area (Å²) in [5.74, 6) is -1.87. The number of nitrogens with zero attached hydrogens (tertiary/aromatic N) is 16. The standard InChI is InChI=1S/C29H28N4O2.C28H26N4O3.2C27H23FN4O3/c1-6-26(25-9-7-8-12-30-25)33-16-24(21-11-10-17(2)23(13-21)19(4)34)29-27(33)14-22(15-31-29)28-18(3)32-35-20(28)5;1-5-24(23-8-6-7-11-29-23)32-15-22(19-9-10-21(28(33)34)16(2)12-19)27-25(32)13-20(14-30-27)26-17(3)31-35-18(26)4;1-4-23(22-7-5-6-10-29-22)32-14-20(17-8-9-21(28)19(11-17)27(33)34)26-24(32)12-18(13-30-26)25-15(2)31-35-16(25)3;1-4-23(22-7-5-6-10-29-22)32-14-20(19-9-8-17(27(33)34)11-21(19)28)26-24(32)12-18(13-30-26)25-15(2)31-35-16(25)3/h7-16,26,34H,4,6H2,1-3,5H3;6-15,24H,5H2,1-4H3,(H,33,34);2*5-14,23H,4H2,1-3H3,(H,33,34)/t26-;24-;2*23-/m0000/s1. The highest BCUT2D eigenvalue weighted by Crippen LogP contribution is 2.45. The van der Waals surface area contributed by atoms with Crippen molar-refractivity contribution in [3.63, 3.8) is 0 Å². The summed E-state index contributed by atoms with van der Waals surface area (Å²) in [6, 6.07) is 51.2. The van der Waals surface area contributed by atoms with Crippen LogP contribution in [0.3, 0.4) is 0 Å². The minimum atomic E-state index is -1.32. The fourth-order valence-electron chi connectivity index (χ4n) is 18.9. The van der Waals surface area contributed by atoms with Gasteiger partial charge in [0.1, 0.15) is 40.4 Å². The van der Waals surface area contributed by atoms with E-state index in [-0.39, 0.29) is 46.6 Å². The molecule has 0 saturated carbocycles. The second kappa shape index (κ2) is 40.1. The van der Waals surface area contributed by atoms with Gasteiger partial charge in [-0.2, -0.15) is 0 Å². The van der Waals surface area contributed by atoms with Crippen molar-refractivity contribution in [3.05, 3.63) is 364 Å². The number of aliphatic hydroxyl groups excluding tert-OH is 1. The highest BCUT2D eigenvalue weighted by Gasteiger charge is 2.30. The lowest BCUT2D eigenvalue weighted by atomic mass is 9.99. The number of aromatic nitrogens is 16. The molecule has 20 rings (SSSR count). The lowest BCUT2D eigenvalue weighted by molar-refractivity contribution is 0.0682. The Bertz CT molecular complexity index is 7780. The minimum Gasteiger partial charge on any atom is -0.508 e. The van der Waals surface area contributed by atoms with Crippen molar-refractivity contribution in [2.24, 2.45) is 0 Å². The molecule has 20 aromatic rings. The molecule has 29 heteroatoms. The van der Waals surface area contributed by atoms with Crippen LogP contribution in [0.2, 0.25) is 0 Å². The molecular formula is C111H100F2N16O11. The molecule has 0 aliphatic heterocycles. The number of hydrogen-bond acceptors (Lipinski definition) is 20. The number of hydrogen-bond donors (Lipinski definition) is 4. The number of aromatic carboxylic acids is 3. The Kier molecular flexibility index (Phi) is 27.1. The maximum atomic E-state index is 15.1. The maximum Gasteiger partial charge on any atom is 0.338 e. The summed E-state index contributed by atoms with van der Waals surface area (Å²) < 4.78 is 59.4. The highest BCUT2D eigenvalue weighted by molar-refractivity contribution is 6.01. The van der Waals surface area contributed by atoms with Gasteiger partial charge in [-0.05, 0) is 232 Å². The molecule has 4 N–H and O–H groups in total. The molecule has 16 heterocycles. The molecule has 0 aliphatic rings. The molecule has 0 aliphatic carbocycles. The van der Waals surface area contributed by atoms with Gasteiger partial charge in [-0.3, -0.25) is 39.9 Å². The number of carbonyl (C=O) groups is 3. The first kappa shape index (κ1) is 94.6. The number of fused-ring (bicyclic) bond motifs is 4. The van der Waals surface area contributed by atoms with E-state index >= 15 is 4.39 Å². The van der Waals surface area contributed by atoms with E-state index in [0.29, 0.717) is 50.4 Å². The summed E-state index contributed by atoms with van der Waals surface area (Å²) in [5.41, 5.74) is 29.0. The Morgan fingerprint density at radius 2 is 0.643 bits per heavy atom. The van der Waals surface area contributed by atoms with Crippen LogP contribution in [0.4, 0.5) is 8.78 Å². The van der Waals surface area contributed by atoms with Gasteiger partial charge >= 0.3 is 17.9 Å². The molecule has 4 atom stereocenters. The lowest BCUT2D eigenvalue weighted by Gasteiger charge is -2.18. The van der Waals surface area contributed by atoms with Crippen molar-refractivity contribution in [1.29, 1.82) is 0 Å². The minimum absolute atomic E-state index is 0.00792. The van der Waals surface area contributed by atoms with Crippen molar-refractivity contribution >= 4 is 67.8 Å². The first-order valence-corrected chi connectivity index (χ1v) is 45.8. The van der Waals surface area contributed by atoms with E-state index in [9.17, 15) is 39.2 Å². The summed E-state index contributed by atoms with van der Waals surface area (Å²) in [6.45, 7) is 31.1. The van der Waals surface area contributed by atoms with Crippen LogP contribution >= 0.6 is 0 Å². The Morgan fingerprint density at radius 3 is 0.936 bits per heavy atom. The molecule has 27 nitrogen and oxygen atoms in total. The second-order valence-corrected chi connectivity index (χ2v) is 34.5. The third-order valence-electron chi connectivity index (χ3n) is 25.6. The number of benzene rings is 4. The van der Waals surface area contributed by atoms with Gasteiger partial charge in [0, 0.05) is 152 Å². The van der Waals surface area contributed by atoms with Crippen LogP contribution in [0.15, 0.2) is 269 Å². The van der Waals surface area contributed by atoms with Gasteiger partial charge in [-0.1, -0.05) is 116 Å². The largest absolute Gasteiger partial charge is 0.508 e. The van der Waals surface area contributed by atoms with Crippen LogP contribution in [0.1, 0.15) is 194 Å². The van der Waals surface area contributed by atoms with Crippen LogP contribution in [-0.2, 0) is 0 Å². The second-order valence-electron chi connectivity index (χ2n) is 34.5. The predicted octanol–water partition coefficient (Wildman–Crippen LogP) is 26.0. The third kappa shape index (κ3) is 18.4. The van der Waals surface area contributed by atoms with Crippen molar-refractivity contribution < 1.29 is 61.7 Å². The monoisotopic (exact) mass is 1870 g/mol. The summed E-state index contributed by atoms with van der Waals surface area (Å²) in [4.78, 5) is 72.1. The third-order valence-corrected chi connectivity index (χ3v) is 25.6. The summed E-state index contributed by atoms with van der Waals surface area (Å²) >= 11 is 0. The molecule has 0 spiro atoms. The molecule has 0 saturated heterocycles. The van der Waals surface area contributed by atoms with Crippen LogP contribution < -0.4 is 0 Å². The normalized spacial score (nSPS) is 12.2. The average Bonchev–Trinajstić information content (AvgIpc) is 1.60. The van der Waals surface area contributed by atoms with Gasteiger partial charge in [0.05, 0.1) is 131 Å². The number of halogens is 2. The van der Waals surface area contributed by atoms with E-state index in [0.717, 1.165) is 200 Å². The molecular weight excluding hydrogens is 1770 g/mol. The number of aryl methyl sites for hydroxylation is 10. The number of carboxylic acid groups (broad SMARTS) is 3. The van der Waals surface area contributed by atoms with E-state index in [2.05, 4.69) is 130 Å². The topological polar surface area (TPSA) is 359 Å². The molecule has 16 aromatic heterocycles. The van der Waals surface area contributed by atoms with Crippen molar-refractivity contribution in [3.8, 4) is 89.0 Å². The van der Waals surface area contributed by atoms with Crippen LogP contribution in [0.25, 0.3) is 139 Å². The lowest BCUT2D eigenvalue weighted by Crippen LogP contribution is -2.10. The van der Waals surface area contributed by atoms with Gasteiger partial charge in [-0.25, -0.2) is 23.2 Å². The maximum absolute atomic E-state index is 15.1. The van der Waals surface area contributed by atoms with Gasteiger partial charge in [-0.15, -0.1) is 0 Å². The quantitative estimate of drug-likeness (QED) is 0.0408. The zero-order valence-electron chi connectivity index (χ0n) is 79.5. The molecule has 704 valence electrons. The molecule has 0 radical (unpaired) electrons. The average molecular weight is 1870 g/mol. The van der Waals surface area contributed by atoms with Crippen molar-refractivity contribution in [2.45, 2.75) is 147 Å². The van der Waals surface area contributed by atoms with Crippen LogP contribution in [-0.4, -0.2) is 117 Å². The summed E-state index contributed by atoms with van der Waals surface area (Å²) in [6.07, 6.45) is 25.6. The highest BCUT2D eigenvalue weighted by atomic mass is 19.1. The number of carboxylic acids is 3. The Hall–Kier alpha value is -17.1. The first-order chi connectivity index (χ1) is 67.5. The summed E-state index contributed by atoms with van der Waals surface area (Å²) in [5, 5.41) is 54.6. The van der Waals surface area contributed by atoms with E-state index in [1.165, 1.54) is 24.3 Å². The SMILES string of the molecule is C=C(O)c1cc(-c2cn([C@@H](CC)c3ccccn3)c3cc(-c4c(C)noc4C)cnc23)ccc1C.CC[C@@H](c1ccccn1)n1cc(-c2ccc(C(=O)O)c(C)c2)c2ncc(-c3c(C)noc3C)cc21.CC[C@@H](c1ccccn1)n1cc(-c2ccc(C(=O)O)cc2F)c2ncc(-c3c(C)noc3C)cc21.CC[C@@H](c1ccccn1)n1cc(-c2ccc(F)c(C(=O)O)c2)c2ncc(-c3c(C)noc3C)cc21. The molecule has 0 unspecified atom stereocenters. The first-order valence-electron chi connectivity index (χ1n) is 45.8. The fourth-order valence-corrected chi connectivity index (χ4v) is 18.9. The fraction of sp³-hybridized carbons (Fsp3) is 0.198. The summed E-state index contributed by atoms with van der Waals surface area (Å²) in [7, 11) is 0. The van der Waals surface area contributed by atoms with Crippen LogP contribution in [0, 0.1) is 80.9 Å². The number of rotatable bonds is 24. The Morgan fingerprint density at radius 1 is 0.321 bits per heavy atom. The number of pyridine rings is 8. The van der Waals surface area contributed by atoms with Gasteiger partial charge < -0.3 is 56.8 Å². The van der Waals surface area contributed by atoms with Gasteiger partial charge in [0.2, 0.25) is 0 Å². The molecule has 140 heavy (non-hydrogen) atoms. The van der Waals surface area contributed by atoms with Crippen LogP contribution in [0.5, 0.6) is 0 Å². The number of aliphatic hydroxyl groups is 1. The molecule has 0 amide bonds. The Balaban J connectivity index is 0.000000129. The van der Waals surface area contributed by atoms with Crippen molar-refractivity contribution in [2.75, 3.05) is 0 Å². The Labute approximate surface area is 803 Å². The smallest absolute Gasteiger partial charge is 0.338 e. The zero-order valence-corrected chi connectivity index (χ0v) is 79.5. The van der Waals surface area contributed by atoms with E-state index in [1.54, 1.807) is 36.9 Å². The van der Waals surface area contributed by atoms with Crippen molar-refractivity contribution in [1.82, 2.24) is 78.8 Å². The predicted molar refractivity (Wildman–Crippen MR) is 533 cm³/mol. The van der Waals surface area contributed by atoms with E-state index < -0.39 is 29.5 Å². The molecule has 0 fully saturated rings. The van der Waals surface area contributed by atoms with E-state index in [1.807, 2.05) is 210 Å².